The minimum absolute atomic E-state index is 0.00375. The van der Waals surface area contributed by atoms with Crippen LogP contribution in [-0.2, 0) is 10.0 Å². The Morgan fingerprint density at radius 3 is 2.62 bits per heavy atom. The molecule has 114 valence electrons. The monoisotopic (exact) mass is 311 g/mol. The quantitative estimate of drug-likeness (QED) is 0.519. The maximum absolute atomic E-state index is 12.8. The third-order valence-electron chi connectivity index (χ3n) is 4.47. The Morgan fingerprint density at radius 2 is 2.10 bits per heavy atom. The lowest BCUT2D eigenvalue weighted by Gasteiger charge is -2.26. The van der Waals surface area contributed by atoms with Crippen molar-refractivity contribution in [2.45, 2.75) is 37.1 Å². The van der Waals surface area contributed by atoms with Crippen molar-refractivity contribution in [3.63, 3.8) is 0 Å². The average Bonchev–Trinajstić information content (AvgIpc) is 3.00. The predicted molar refractivity (Wildman–Crippen MR) is 77.3 cm³/mol. The van der Waals surface area contributed by atoms with Gasteiger partial charge in [-0.15, -0.1) is 0 Å². The van der Waals surface area contributed by atoms with Crippen molar-refractivity contribution < 1.29 is 13.3 Å². The minimum atomic E-state index is -3.70. The first-order valence-electron chi connectivity index (χ1n) is 6.87. The highest BCUT2D eigenvalue weighted by Gasteiger charge is 2.45. The van der Waals surface area contributed by atoms with E-state index in [-0.39, 0.29) is 22.3 Å². The fraction of sp³-hybridized carbons (Fsp3) is 0.538. The van der Waals surface area contributed by atoms with Gasteiger partial charge in [-0.05, 0) is 43.7 Å². The van der Waals surface area contributed by atoms with Crippen molar-refractivity contribution >= 4 is 21.4 Å². The molecule has 7 nitrogen and oxygen atoms in total. The number of hydrogen-bond acceptors (Lipinski definition) is 5. The zero-order chi connectivity index (χ0) is 15.4. The van der Waals surface area contributed by atoms with Crippen molar-refractivity contribution in [2.75, 3.05) is 12.3 Å². The van der Waals surface area contributed by atoms with Gasteiger partial charge >= 0.3 is 0 Å². The van der Waals surface area contributed by atoms with Crippen molar-refractivity contribution in [1.29, 1.82) is 0 Å². The summed E-state index contributed by atoms with van der Waals surface area (Å²) >= 11 is 0. The number of hydrogen-bond donors (Lipinski definition) is 1. The summed E-state index contributed by atoms with van der Waals surface area (Å²) in [6.07, 6.45) is 2.84. The van der Waals surface area contributed by atoms with Crippen LogP contribution in [0.1, 0.15) is 24.8 Å². The fourth-order valence-electron chi connectivity index (χ4n) is 3.44. The average molecular weight is 311 g/mol. The topological polar surface area (TPSA) is 107 Å². The summed E-state index contributed by atoms with van der Waals surface area (Å²) in [5.41, 5.74) is 5.67. The molecule has 0 spiro atoms. The van der Waals surface area contributed by atoms with Crippen LogP contribution in [0.4, 0.5) is 11.4 Å². The Morgan fingerprint density at radius 1 is 1.38 bits per heavy atom. The van der Waals surface area contributed by atoms with Crippen LogP contribution in [0.2, 0.25) is 0 Å². The molecule has 8 heteroatoms. The van der Waals surface area contributed by atoms with Gasteiger partial charge in [0.15, 0.2) is 0 Å². The molecule has 2 aliphatic rings. The van der Waals surface area contributed by atoms with Crippen LogP contribution in [0.25, 0.3) is 0 Å². The van der Waals surface area contributed by atoms with Gasteiger partial charge < -0.3 is 5.73 Å². The zero-order valence-corrected chi connectivity index (χ0v) is 12.5. The predicted octanol–water partition coefficient (Wildman–Crippen LogP) is 1.66. The molecule has 0 radical (unpaired) electrons. The third kappa shape index (κ3) is 2.18. The fourth-order valence-corrected chi connectivity index (χ4v) is 5.41. The Balaban J connectivity index is 2.07. The number of fused-ring (bicyclic) bond motifs is 2. The number of benzene rings is 1. The largest absolute Gasteiger partial charge is 0.393 e. The van der Waals surface area contributed by atoms with Crippen LogP contribution in [0.5, 0.6) is 0 Å². The Hall–Kier alpha value is -1.67. The number of sulfonamides is 1. The molecular weight excluding hydrogens is 294 g/mol. The van der Waals surface area contributed by atoms with Crippen LogP contribution in [0.3, 0.4) is 0 Å². The number of piperidine rings is 1. The van der Waals surface area contributed by atoms with Crippen LogP contribution in [-0.4, -0.2) is 30.2 Å². The Kier molecular flexibility index (Phi) is 3.18. The molecule has 1 aromatic carbocycles. The summed E-state index contributed by atoms with van der Waals surface area (Å²) in [6.45, 7) is 2.13. The number of aryl methyl sites for hydroxylation is 1. The van der Waals surface area contributed by atoms with Crippen LogP contribution in [0.15, 0.2) is 17.0 Å². The molecule has 0 amide bonds. The molecule has 2 N–H and O–H groups in total. The van der Waals surface area contributed by atoms with Crippen LogP contribution in [0, 0.1) is 23.0 Å². The Labute approximate surface area is 122 Å². The summed E-state index contributed by atoms with van der Waals surface area (Å²) in [6, 6.07) is 2.49. The van der Waals surface area contributed by atoms with E-state index >= 15 is 0 Å². The molecule has 21 heavy (non-hydrogen) atoms. The van der Waals surface area contributed by atoms with Gasteiger partial charge in [-0.3, -0.25) is 10.1 Å². The standard InChI is InChI=1S/C13H17N3O4S/c1-8-4-11(14)12(16(17)18)6-13(8)21(19,20)15-7-9-2-3-10(15)5-9/h4,6,9-10H,2-3,5,7,14H2,1H3. The molecule has 2 atom stereocenters. The van der Waals surface area contributed by atoms with Gasteiger partial charge in [0.05, 0.1) is 9.82 Å². The summed E-state index contributed by atoms with van der Waals surface area (Å²) in [4.78, 5) is 10.3. The molecule has 2 unspecified atom stereocenters. The van der Waals surface area contributed by atoms with E-state index in [1.54, 1.807) is 6.92 Å². The van der Waals surface area contributed by atoms with Gasteiger partial charge in [-0.1, -0.05) is 0 Å². The first-order valence-corrected chi connectivity index (χ1v) is 8.31. The van der Waals surface area contributed by atoms with E-state index in [4.69, 9.17) is 5.73 Å². The lowest BCUT2D eigenvalue weighted by Crippen LogP contribution is -2.37. The molecule has 3 rings (SSSR count). The number of anilines is 1. The first kappa shape index (κ1) is 14.3. The van der Waals surface area contributed by atoms with E-state index in [9.17, 15) is 18.5 Å². The van der Waals surface area contributed by atoms with Crippen LogP contribution < -0.4 is 5.73 Å². The van der Waals surface area contributed by atoms with E-state index in [1.165, 1.54) is 10.4 Å². The highest BCUT2D eigenvalue weighted by molar-refractivity contribution is 7.89. The van der Waals surface area contributed by atoms with Gasteiger partial charge in [0.25, 0.3) is 5.69 Å². The Bertz CT molecular complexity index is 716. The number of nitrogens with two attached hydrogens (primary N) is 1. The second kappa shape index (κ2) is 4.67. The van der Waals surface area contributed by atoms with E-state index in [0.29, 0.717) is 18.0 Å². The third-order valence-corrected chi connectivity index (χ3v) is 6.53. The van der Waals surface area contributed by atoms with E-state index in [1.807, 2.05) is 0 Å². The normalized spacial score (nSPS) is 25.4. The molecule has 1 aliphatic heterocycles. The number of nitrogen functional groups attached to an aromatic ring is 1. The zero-order valence-electron chi connectivity index (χ0n) is 11.7. The second-order valence-corrected chi connectivity index (χ2v) is 7.70. The lowest BCUT2D eigenvalue weighted by atomic mass is 10.1. The SMILES string of the molecule is Cc1cc(N)c([N+](=O)[O-])cc1S(=O)(=O)N1CC2CCC1C2. The maximum atomic E-state index is 12.8. The molecule has 2 bridgehead atoms. The summed E-state index contributed by atoms with van der Waals surface area (Å²) in [5.74, 6) is 0.425. The minimum Gasteiger partial charge on any atom is -0.393 e. The lowest BCUT2D eigenvalue weighted by molar-refractivity contribution is -0.384. The van der Waals surface area contributed by atoms with Crippen molar-refractivity contribution in [2.24, 2.45) is 5.92 Å². The van der Waals surface area contributed by atoms with Gasteiger partial charge in [0.2, 0.25) is 10.0 Å². The molecular formula is C13H17N3O4S. The van der Waals surface area contributed by atoms with Gasteiger partial charge in [0, 0.05) is 18.7 Å². The van der Waals surface area contributed by atoms with Gasteiger partial charge in [-0.25, -0.2) is 8.42 Å². The van der Waals surface area contributed by atoms with Crippen molar-refractivity contribution in [3.8, 4) is 0 Å². The molecule has 1 saturated heterocycles. The second-order valence-electron chi connectivity index (χ2n) is 5.84. The summed E-state index contributed by atoms with van der Waals surface area (Å²) in [7, 11) is -3.70. The number of nitro benzene ring substituents is 1. The van der Waals surface area contributed by atoms with Gasteiger partial charge in [0.1, 0.15) is 5.69 Å². The molecule has 1 saturated carbocycles. The van der Waals surface area contributed by atoms with Crippen LogP contribution >= 0.6 is 0 Å². The molecule has 1 aliphatic carbocycles. The molecule has 1 heterocycles. The smallest absolute Gasteiger partial charge is 0.293 e. The van der Waals surface area contributed by atoms with Crippen molar-refractivity contribution in [3.05, 3.63) is 27.8 Å². The van der Waals surface area contributed by atoms with E-state index in [2.05, 4.69) is 0 Å². The van der Waals surface area contributed by atoms with Gasteiger partial charge in [-0.2, -0.15) is 4.31 Å². The summed E-state index contributed by atoms with van der Waals surface area (Å²) < 4.78 is 27.1. The number of rotatable bonds is 3. The maximum Gasteiger partial charge on any atom is 0.293 e. The van der Waals surface area contributed by atoms with Crippen molar-refractivity contribution in [1.82, 2.24) is 4.31 Å². The molecule has 1 aromatic rings. The number of nitrogens with zero attached hydrogens (tertiary/aromatic N) is 2. The van der Waals surface area contributed by atoms with E-state index in [0.717, 1.165) is 25.3 Å². The first-order chi connectivity index (χ1) is 9.80. The molecule has 0 aromatic heterocycles. The highest BCUT2D eigenvalue weighted by atomic mass is 32.2. The molecule has 2 fully saturated rings. The highest BCUT2D eigenvalue weighted by Crippen LogP contribution is 2.41. The number of nitro groups is 1. The summed E-state index contributed by atoms with van der Waals surface area (Å²) in [5, 5.41) is 11.0. The van der Waals surface area contributed by atoms with E-state index < -0.39 is 14.9 Å².